The van der Waals surface area contributed by atoms with Crippen LogP contribution in [0, 0.1) is 11.7 Å². The first kappa shape index (κ1) is 14.9. The molecule has 1 amide bonds. The summed E-state index contributed by atoms with van der Waals surface area (Å²) in [6.07, 6.45) is 2.49. The van der Waals surface area contributed by atoms with Gasteiger partial charge in [-0.2, -0.15) is 0 Å². The van der Waals surface area contributed by atoms with Gasteiger partial charge in [0.2, 0.25) is 0 Å². The first-order valence-electron chi connectivity index (χ1n) is 7.01. The summed E-state index contributed by atoms with van der Waals surface area (Å²) in [7, 11) is 0. The molecule has 1 heterocycles. The van der Waals surface area contributed by atoms with Gasteiger partial charge >= 0.3 is 0 Å². The minimum absolute atomic E-state index is 0.0307. The Kier molecular flexibility index (Phi) is 5.09. The van der Waals surface area contributed by atoms with Crippen molar-refractivity contribution in [2.24, 2.45) is 11.7 Å². The third kappa shape index (κ3) is 3.77. The molecule has 0 radical (unpaired) electrons. The van der Waals surface area contributed by atoms with E-state index < -0.39 is 0 Å². The van der Waals surface area contributed by atoms with Crippen LogP contribution in [0.4, 0.5) is 4.39 Å². The van der Waals surface area contributed by atoms with Crippen LogP contribution in [0.25, 0.3) is 0 Å². The van der Waals surface area contributed by atoms with Crippen molar-refractivity contribution in [3.63, 3.8) is 0 Å². The fourth-order valence-corrected chi connectivity index (χ4v) is 2.78. The zero-order chi connectivity index (χ0) is 14.5. The van der Waals surface area contributed by atoms with Gasteiger partial charge < -0.3 is 15.7 Å². The molecule has 0 saturated carbocycles. The van der Waals surface area contributed by atoms with Crippen LogP contribution in [0.2, 0.25) is 0 Å². The average molecular weight is 280 g/mol. The highest BCUT2D eigenvalue weighted by Crippen LogP contribution is 2.22. The van der Waals surface area contributed by atoms with E-state index in [9.17, 15) is 9.18 Å². The average Bonchev–Trinajstić information content (AvgIpc) is 2.44. The summed E-state index contributed by atoms with van der Waals surface area (Å²) in [4.78, 5) is 14.1. The highest BCUT2D eigenvalue weighted by atomic mass is 19.1. The van der Waals surface area contributed by atoms with Crippen LogP contribution in [-0.2, 0) is 0 Å². The predicted octanol–water partition coefficient (Wildman–Crippen LogP) is 1.39. The van der Waals surface area contributed by atoms with Gasteiger partial charge in [-0.25, -0.2) is 4.39 Å². The number of halogens is 1. The molecule has 20 heavy (non-hydrogen) atoms. The summed E-state index contributed by atoms with van der Waals surface area (Å²) in [5.41, 5.74) is 6.50. The second kappa shape index (κ2) is 6.81. The molecule has 1 aromatic rings. The van der Waals surface area contributed by atoms with Crippen molar-refractivity contribution in [3.05, 3.63) is 35.6 Å². The highest BCUT2D eigenvalue weighted by Gasteiger charge is 2.28. The number of nitrogens with zero attached hydrogens (tertiary/aromatic N) is 1. The summed E-state index contributed by atoms with van der Waals surface area (Å²) in [6.45, 7) is 1.35. The molecule has 1 saturated heterocycles. The van der Waals surface area contributed by atoms with E-state index in [1.807, 2.05) is 0 Å². The lowest BCUT2D eigenvalue weighted by Gasteiger charge is -2.36. The molecule has 0 spiro atoms. The fraction of sp³-hybridized carbons (Fsp3) is 0.533. The quantitative estimate of drug-likeness (QED) is 0.876. The first-order valence-corrected chi connectivity index (χ1v) is 7.01. The Labute approximate surface area is 118 Å². The molecule has 110 valence electrons. The number of hydrogen-bond acceptors (Lipinski definition) is 3. The second-order valence-electron chi connectivity index (χ2n) is 5.44. The number of aliphatic hydroxyl groups excluding tert-OH is 1. The van der Waals surface area contributed by atoms with E-state index in [-0.39, 0.29) is 24.4 Å². The van der Waals surface area contributed by atoms with Gasteiger partial charge in [0, 0.05) is 31.3 Å². The summed E-state index contributed by atoms with van der Waals surface area (Å²) < 4.78 is 12.9. The zero-order valence-corrected chi connectivity index (χ0v) is 11.5. The Morgan fingerprint density at radius 2 is 2.05 bits per heavy atom. The molecule has 1 aromatic carbocycles. The van der Waals surface area contributed by atoms with E-state index in [1.165, 1.54) is 24.3 Å². The van der Waals surface area contributed by atoms with Crippen molar-refractivity contribution in [2.45, 2.75) is 25.3 Å². The number of amides is 1. The van der Waals surface area contributed by atoms with Gasteiger partial charge in [-0.15, -0.1) is 0 Å². The highest BCUT2D eigenvalue weighted by molar-refractivity contribution is 5.94. The van der Waals surface area contributed by atoms with Gasteiger partial charge in [0.1, 0.15) is 5.82 Å². The Bertz CT molecular complexity index is 450. The van der Waals surface area contributed by atoms with Crippen LogP contribution in [0.1, 0.15) is 29.6 Å². The lowest BCUT2D eigenvalue weighted by molar-refractivity contribution is 0.0638. The van der Waals surface area contributed by atoms with E-state index in [2.05, 4.69) is 0 Å². The molecule has 1 aliphatic heterocycles. The molecule has 2 atom stereocenters. The Balaban J connectivity index is 2.02. The molecule has 0 bridgehead atoms. The topological polar surface area (TPSA) is 66.6 Å². The largest absolute Gasteiger partial charge is 0.396 e. The number of aliphatic hydroxyl groups is 1. The maximum atomic E-state index is 12.9. The van der Waals surface area contributed by atoms with Crippen LogP contribution >= 0.6 is 0 Å². The fourth-order valence-electron chi connectivity index (χ4n) is 2.78. The van der Waals surface area contributed by atoms with Gasteiger partial charge in [0.15, 0.2) is 0 Å². The summed E-state index contributed by atoms with van der Waals surface area (Å²) in [5.74, 6) is -0.123. The Morgan fingerprint density at radius 1 is 1.35 bits per heavy atom. The second-order valence-corrected chi connectivity index (χ2v) is 5.44. The molecule has 0 aromatic heterocycles. The van der Waals surface area contributed by atoms with Crippen molar-refractivity contribution >= 4 is 5.91 Å². The number of hydrogen-bond donors (Lipinski definition) is 2. The molecule has 2 rings (SSSR count). The van der Waals surface area contributed by atoms with Crippen molar-refractivity contribution in [1.29, 1.82) is 0 Å². The SMILES string of the molecule is NC1CC(CCCO)CN(C(=O)c2ccc(F)cc2)C1. The number of carbonyl (C=O) groups is 1. The molecular weight excluding hydrogens is 259 g/mol. The molecule has 5 heteroatoms. The number of piperidine rings is 1. The standard InChI is InChI=1S/C15H21FN2O2/c16-13-5-3-12(4-6-13)15(20)18-9-11(2-1-7-19)8-14(17)10-18/h3-6,11,14,19H,1-2,7-10,17H2. The van der Waals surface area contributed by atoms with Crippen molar-refractivity contribution in [1.82, 2.24) is 4.90 Å². The van der Waals surface area contributed by atoms with E-state index >= 15 is 0 Å². The zero-order valence-electron chi connectivity index (χ0n) is 11.5. The lowest BCUT2D eigenvalue weighted by atomic mass is 9.90. The number of nitrogens with two attached hydrogens (primary N) is 1. The van der Waals surface area contributed by atoms with E-state index in [0.29, 0.717) is 24.6 Å². The molecule has 1 aliphatic rings. The monoisotopic (exact) mass is 280 g/mol. The van der Waals surface area contributed by atoms with Gasteiger partial charge in [0.25, 0.3) is 5.91 Å². The van der Waals surface area contributed by atoms with Crippen molar-refractivity contribution in [3.8, 4) is 0 Å². The Hall–Kier alpha value is -1.46. The first-order chi connectivity index (χ1) is 9.60. The normalized spacial score (nSPS) is 22.9. The molecule has 1 fully saturated rings. The number of rotatable bonds is 4. The van der Waals surface area contributed by atoms with Gasteiger partial charge in [-0.05, 0) is 49.4 Å². The van der Waals surface area contributed by atoms with E-state index in [4.69, 9.17) is 10.8 Å². The van der Waals surface area contributed by atoms with Crippen molar-refractivity contribution < 1.29 is 14.3 Å². The molecule has 0 aliphatic carbocycles. The number of likely N-dealkylation sites (tertiary alicyclic amines) is 1. The minimum atomic E-state index is -0.349. The van der Waals surface area contributed by atoms with E-state index in [1.54, 1.807) is 4.90 Å². The van der Waals surface area contributed by atoms with Gasteiger partial charge in [-0.1, -0.05) is 0 Å². The number of benzene rings is 1. The van der Waals surface area contributed by atoms with Crippen LogP contribution in [0.15, 0.2) is 24.3 Å². The summed E-state index contributed by atoms with van der Waals surface area (Å²) in [5, 5.41) is 8.89. The number of carbonyl (C=O) groups excluding carboxylic acids is 1. The molecule has 2 unspecified atom stereocenters. The lowest BCUT2D eigenvalue weighted by Crippen LogP contribution is -2.49. The smallest absolute Gasteiger partial charge is 0.253 e. The molecular formula is C15H21FN2O2. The van der Waals surface area contributed by atoms with Crippen LogP contribution in [0.3, 0.4) is 0 Å². The maximum Gasteiger partial charge on any atom is 0.253 e. The van der Waals surface area contributed by atoms with Crippen LogP contribution in [-0.4, -0.2) is 41.7 Å². The van der Waals surface area contributed by atoms with Crippen molar-refractivity contribution in [2.75, 3.05) is 19.7 Å². The maximum absolute atomic E-state index is 12.9. The molecule has 3 N–H and O–H groups in total. The summed E-state index contributed by atoms with van der Waals surface area (Å²) >= 11 is 0. The minimum Gasteiger partial charge on any atom is -0.396 e. The Morgan fingerprint density at radius 3 is 2.70 bits per heavy atom. The predicted molar refractivity (Wildman–Crippen MR) is 74.7 cm³/mol. The third-order valence-electron chi connectivity index (χ3n) is 3.72. The van der Waals surface area contributed by atoms with Crippen LogP contribution in [0.5, 0.6) is 0 Å². The molecule has 4 nitrogen and oxygen atoms in total. The van der Waals surface area contributed by atoms with E-state index in [0.717, 1.165) is 19.3 Å². The van der Waals surface area contributed by atoms with Crippen LogP contribution < -0.4 is 5.73 Å². The van der Waals surface area contributed by atoms with Gasteiger partial charge in [-0.3, -0.25) is 4.79 Å². The third-order valence-corrected chi connectivity index (χ3v) is 3.72. The summed E-state index contributed by atoms with van der Waals surface area (Å²) in [6, 6.07) is 5.55. The van der Waals surface area contributed by atoms with Gasteiger partial charge in [0.05, 0.1) is 0 Å².